The SMILES string of the molecule is Cn1cc(-c2ccc3c(=O)n(CC4(O)CCN(C(=O)[C@@H]5CCN(Cc6ccc(C#N)nc6)C[C@H]5c5ccccc5)CC4)cnn23)cn1. The van der Waals surface area contributed by atoms with Gasteiger partial charge < -0.3 is 10.0 Å². The predicted molar refractivity (Wildman–Crippen MR) is 174 cm³/mol. The number of nitriles is 1. The maximum absolute atomic E-state index is 14.1. The summed E-state index contributed by atoms with van der Waals surface area (Å²) in [5.74, 6) is -0.0203. The van der Waals surface area contributed by atoms with Gasteiger partial charge in [0.05, 0.1) is 24.0 Å². The van der Waals surface area contributed by atoms with Gasteiger partial charge in [-0.2, -0.15) is 15.5 Å². The summed E-state index contributed by atoms with van der Waals surface area (Å²) < 4.78 is 4.78. The molecule has 0 unspecified atom stereocenters. The standard InChI is InChI=1S/C35H37N9O3/c1-40-21-27(19-38-40)31-9-10-32-34(46)43(24-39-44(31)32)23-35(47)12-15-42(16-13-35)33(45)29-11-14-41(20-25-7-8-28(17-36)37-18-25)22-30(29)26-5-3-2-4-6-26/h2-10,18-19,21,24,29-30,47H,11-16,20,22-23H2,1H3/t29-,30+/m1/s1. The van der Waals surface area contributed by atoms with Crippen molar-refractivity contribution in [2.45, 2.75) is 43.9 Å². The Labute approximate surface area is 272 Å². The molecule has 47 heavy (non-hydrogen) atoms. The number of aromatic nitrogens is 6. The molecule has 12 nitrogen and oxygen atoms in total. The second-order valence-electron chi connectivity index (χ2n) is 12.8. The molecule has 2 atom stereocenters. The van der Waals surface area contributed by atoms with Gasteiger partial charge in [0, 0.05) is 63.0 Å². The molecule has 6 heterocycles. The van der Waals surface area contributed by atoms with Crippen molar-refractivity contribution in [2.24, 2.45) is 13.0 Å². The second kappa shape index (κ2) is 12.6. The van der Waals surface area contributed by atoms with E-state index in [1.54, 1.807) is 33.7 Å². The molecule has 2 fully saturated rings. The fourth-order valence-corrected chi connectivity index (χ4v) is 7.11. The van der Waals surface area contributed by atoms with Crippen LogP contribution in [0.4, 0.5) is 0 Å². The van der Waals surface area contributed by atoms with Crippen LogP contribution in [0.3, 0.4) is 0 Å². The lowest BCUT2D eigenvalue weighted by molar-refractivity contribution is -0.142. The molecule has 0 spiro atoms. The molecular formula is C35H37N9O3. The lowest BCUT2D eigenvalue weighted by Crippen LogP contribution is -2.53. The normalized spacial score (nSPS) is 19.9. The Kier molecular flexibility index (Phi) is 8.17. The molecule has 1 N–H and O–H groups in total. The van der Waals surface area contributed by atoms with Crippen LogP contribution in [0.5, 0.6) is 0 Å². The summed E-state index contributed by atoms with van der Waals surface area (Å²) in [5.41, 5.74) is 3.28. The summed E-state index contributed by atoms with van der Waals surface area (Å²) in [7, 11) is 1.84. The third kappa shape index (κ3) is 6.19. The second-order valence-corrected chi connectivity index (χ2v) is 12.8. The first kappa shape index (κ1) is 30.5. The molecule has 240 valence electrons. The van der Waals surface area contributed by atoms with Gasteiger partial charge >= 0.3 is 0 Å². The van der Waals surface area contributed by atoms with Gasteiger partial charge in [0.2, 0.25) is 5.91 Å². The Morgan fingerprint density at radius 2 is 1.85 bits per heavy atom. The highest BCUT2D eigenvalue weighted by atomic mass is 16.3. The van der Waals surface area contributed by atoms with Crippen molar-refractivity contribution in [2.75, 3.05) is 26.2 Å². The number of likely N-dealkylation sites (tertiary alicyclic amines) is 2. The summed E-state index contributed by atoms with van der Waals surface area (Å²) in [5, 5.41) is 29.4. The van der Waals surface area contributed by atoms with Crippen LogP contribution in [0.15, 0.2) is 84.3 Å². The van der Waals surface area contributed by atoms with Crippen LogP contribution >= 0.6 is 0 Å². The minimum atomic E-state index is -1.13. The first-order chi connectivity index (χ1) is 22.8. The van der Waals surface area contributed by atoms with Crippen molar-refractivity contribution in [3.05, 3.63) is 107 Å². The van der Waals surface area contributed by atoms with Crippen LogP contribution < -0.4 is 5.56 Å². The largest absolute Gasteiger partial charge is 0.388 e. The van der Waals surface area contributed by atoms with Crippen LogP contribution in [0.1, 0.15) is 42.0 Å². The van der Waals surface area contributed by atoms with E-state index in [1.165, 1.54) is 10.9 Å². The molecule has 4 aromatic heterocycles. The summed E-state index contributed by atoms with van der Waals surface area (Å²) in [4.78, 5) is 35.9. The lowest BCUT2D eigenvalue weighted by Gasteiger charge is -2.43. The van der Waals surface area contributed by atoms with Gasteiger partial charge in [0.25, 0.3) is 5.56 Å². The first-order valence-corrected chi connectivity index (χ1v) is 16.0. The molecule has 7 rings (SSSR count). The van der Waals surface area contributed by atoms with Crippen molar-refractivity contribution in [1.29, 1.82) is 5.26 Å². The summed E-state index contributed by atoms with van der Waals surface area (Å²) >= 11 is 0. The molecular weight excluding hydrogens is 594 g/mol. The Balaban J connectivity index is 1.02. The number of amides is 1. The van der Waals surface area contributed by atoms with Crippen molar-refractivity contribution < 1.29 is 9.90 Å². The van der Waals surface area contributed by atoms with E-state index in [4.69, 9.17) is 5.26 Å². The Morgan fingerprint density at radius 1 is 1.04 bits per heavy atom. The van der Waals surface area contributed by atoms with Gasteiger partial charge in [0.1, 0.15) is 23.6 Å². The highest BCUT2D eigenvalue weighted by Gasteiger charge is 2.41. The Bertz CT molecular complexity index is 1980. The minimum absolute atomic E-state index is 0.0274. The molecule has 0 saturated carbocycles. The van der Waals surface area contributed by atoms with Crippen molar-refractivity contribution in [1.82, 2.24) is 38.7 Å². The molecule has 2 aliphatic rings. The van der Waals surface area contributed by atoms with Crippen molar-refractivity contribution in [3.8, 4) is 17.3 Å². The number of benzene rings is 1. The third-order valence-electron chi connectivity index (χ3n) is 9.70. The van der Waals surface area contributed by atoms with Gasteiger partial charge in [-0.15, -0.1) is 0 Å². The van der Waals surface area contributed by atoms with E-state index in [-0.39, 0.29) is 29.8 Å². The number of carbonyl (C=O) groups excluding carboxylic acids is 1. The molecule has 0 radical (unpaired) electrons. The van der Waals surface area contributed by atoms with Gasteiger partial charge in [-0.05, 0) is 55.1 Å². The van der Waals surface area contributed by atoms with Gasteiger partial charge in [-0.1, -0.05) is 36.4 Å². The van der Waals surface area contributed by atoms with Crippen LogP contribution in [0.2, 0.25) is 0 Å². The zero-order chi connectivity index (χ0) is 32.5. The number of hydrogen-bond donors (Lipinski definition) is 1. The van der Waals surface area contributed by atoms with E-state index in [9.17, 15) is 14.7 Å². The smallest absolute Gasteiger partial charge is 0.277 e. The van der Waals surface area contributed by atoms with Gasteiger partial charge in [0.15, 0.2) is 0 Å². The molecule has 2 aliphatic heterocycles. The zero-order valence-corrected chi connectivity index (χ0v) is 26.3. The Morgan fingerprint density at radius 3 is 2.55 bits per heavy atom. The number of carbonyl (C=O) groups is 1. The van der Waals surface area contributed by atoms with Crippen LogP contribution in [-0.2, 0) is 24.9 Å². The predicted octanol–water partition coefficient (Wildman–Crippen LogP) is 2.82. The number of pyridine rings is 1. The summed E-state index contributed by atoms with van der Waals surface area (Å²) in [6.45, 7) is 3.17. The average Bonchev–Trinajstić information content (AvgIpc) is 3.73. The number of piperidine rings is 2. The van der Waals surface area contributed by atoms with E-state index in [0.29, 0.717) is 43.7 Å². The number of fused-ring (bicyclic) bond motifs is 1. The van der Waals surface area contributed by atoms with Gasteiger partial charge in [-0.25, -0.2) is 9.50 Å². The fourth-order valence-electron chi connectivity index (χ4n) is 7.11. The van der Waals surface area contributed by atoms with Crippen LogP contribution in [0, 0.1) is 17.2 Å². The fraction of sp³-hybridized carbons (Fsp3) is 0.371. The highest BCUT2D eigenvalue weighted by Crippen LogP contribution is 2.36. The Hall–Kier alpha value is -5.12. The number of aliphatic hydroxyl groups is 1. The maximum atomic E-state index is 14.1. The van der Waals surface area contributed by atoms with E-state index in [2.05, 4.69) is 38.3 Å². The van der Waals surface area contributed by atoms with Crippen molar-refractivity contribution in [3.63, 3.8) is 0 Å². The quantitative estimate of drug-likeness (QED) is 0.290. The molecule has 2 saturated heterocycles. The van der Waals surface area contributed by atoms with Crippen molar-refractivity contribution >= 4 is 11.4 Å². The first-order valence-electron chi connectivity index (χ1n) is 16.0. The lowest BCUT2D eigenvalue weighted by atomic mass is 9.79. The van der Waals surface area contributed by atoms with Crippen LogP contribution in [0.25, 0.3) is 16.8 Å². The molecule has 5 aromatic rings. The molecule has 0 aliphatic carbocycles. The molecule has 12 heteroatoms. The number of rotatable bonds is 7. The molecule has 1 amide bonds. The maximum Gasteiger partial charge on any atom is 0.277 e. The average molecular weight is 632 g/mol. The van der Waals surface area contributed by atoms with E-state index in [1.807, 2.05) is 48.5 Å². The highest BCUT2D eigenvalue weighted by molar-refractivity contribution is 5.80. The topological polar surface area (TPSA) is 138 Å². The number of aryl methyl sites for hydroxylation is 1. The molecule has 1 aromatic carbocycles. The van der Waals surface area contributed by atoms with E-state index in [0.717, 1.165) is 41.9 Å². The van der Waals surface area contributed by atoms with Crippen LogP contribution in [-0.4, -0.2) is 81.5 Å². The van der Waals surface area contributed by atoms with Gasteiger partial charge in [-0.3, -0.25) is 23.7 Å². The minimum Gasteiger partial charge on any atom is -0.388 e. The molecule has 0 bridgehead atoms. The van der Waals surface area contributed by atoms with E-state index >= 15 is 0 Å². The number of nitrogens with zero attached hydrogens (tertiary/aromatic N) is 9. The third-order valence-corrected chi connectivity index (χ3v) is 9.70. The number of hydrogen-bond acceptors (Lipinski definition) is 8. The monoisotopic (exact) mass is 631 g/mol. The summed E-state index contributed by atoms with van der Waals surface area (Å²) in [6.07, 6.45) is 8.31. The van der Waals surface area contributed by atoms with E-state index < -0.39 is 5.60 Å². The summed E-state index contributed by atoms with van der Waals surface area (Å²) in [6, 6.07) is 19.6. The zero-order valence-electron chi connectivity index (χ0n) is 26.3.